The minimum Gasteiger partial charge on any atom is -0.232 e. The molecule has 0 spiro atoms. The van der Waals surface area contributed by atoms with E-state index in [2.05, 4.69) is 9.97 Å². The molecule has 0 unspecified atom stereocenters. The summed E-state index contributed by atoms with van der Waals surface area (Å²) in [6.07, 6.45) is -9.57. The first-order valence-corrected chi connectivity index (χ1v) is 3.60. The molecule has 0 bridgehead atoms. The van der Waals surface area contributed by atoms with Gasteiger partial charge in [0.2, 0.25) is 0 Å². The van der Waals surface area contributed by atoms with Crippen LogP contribution in [0.3, 0.4) is 0 Å². The molecule has 0 fully saturated rings. The van der Waals surface area contributed by atoms with Crippen molar-refractivity contribution in [2.24, 2.45) is 0 Å². The van der Waals surface area contributed by atoms with Gasteiger partial charge in [0.1, 0.15) is 6.33 Å². The van der Waals surface area contributed by atoms with Gasteiger partial charge < -0.3 is 0 Å². The van der Waals surface area contributed by atoms with Crippen LogP contribution < -0.4 is 0 Å². The van der Waals surface area contributed by atoms with E-state index in [1.165, 1.54) is 0 Å². The standard InChI is InChI=1S/C7H4F6N2/c1-3-4(6(8,9)10)14-2-15-5(3)7(11,12)13/h2H,1H3. The summed E-state index contributed by atoms with van der Waals surface area (Å²) >= 11 is 0. The molecule has 0 saturated heterocycles. The Bertz CT molecular complexity index is 334. The van der Waals surface area contributed by atoms with E-state index in [4.69, 9.17) is 0 Å². The monoisotopic (exact) mass is 230 g/mol. The molecule has 1 aromatic rings. The molecule has 84 valence electrons. The van der Waals surface area contributed by atoms with Gasteiger partial charge in [-0.15, -0.1) is 0 Å². The largest absolute Gasteiger partial charge is 0.433 e. The van der Waals surface area contributed by atoms with Gasteiger partial charge in [0.15, 0.2) is 11.4 Å². The van der Waals surface area contributed by atoms with Gasteiger partial charge in [-0.3, -0.25) is 0 Å². The fourth-order valence-electron chi connectivity index (χ4n) is 1.02. The number of rotatable bonds is 0. The minimum atomic E-state index is -4.91. The van der Waals surface area contributed by atoms with Crippen molar-refractivity contribution in [3.63, 3.8) is 0 Å². The molecule has 0 aliphatic carbocycles. The Kier molecular flexibility index (Phi) is 2.62. The molecule has 1 rings (SSSR count). The molecule has 2 nitrogen and oxygen atoms in total. The summed E-state index contributed by atoms with van der Waals surface area (Å²) in [4.78, 5) is 5.58. The molecule has 0 amide bonds. The number of hydrogen-bond acceptors (Lipinski definition) is 2. The van der Waals surface area contributed by atoms with Gasteiger partial charge >= 0.3 is 12.4 Å². The number of halogens is 6. The summed E-state index contributed by atoms with van der Waals surface area (Å²) in [5.41, 5.74) is -4.15. The van der Waals surface area contributed by atoms with Crippen LogP contribution in [-0.4, -0.2) is 9.97 Å². The highest BCUT2D eigenvalue weighted by Gasteiger charge is 2.41. The van der Waals surface area contributed by atoms with Crippen molar-refractivity contribution in [2.45, 2.75) is 19.3 Å². The van der Waals surface area contributed by atoms with E-state index in [0.29, 0.717) is 6.92 Å². The number of aromatic nitrogens is 2. The van der Waals surface area contributed by atoms with Crippen molar-refractivity contribution < 1.29 is 26.3 Å². The van der Waals surface area contributed by atoms with Gasteiger partial charge in [-0.2, -0.15) is 26.3 Å². The highest BCUT2D eigenvalue weighted by Crippen LogP contribution is 2.36. The quantitative estimate of drug-likeness (QED) is 0.640. The molecule has 1 heterocycles. The number of nitrogens with zero attached hydrogens (tertiary/aromatic N) is 2. The van der Waals surface area contributed by atoms with Crippen LogP contribution in [0.5, 0.6) is 0 Å². The summed E-state index contributed by atoms with van der Waals surface area (Å²) in [6.45, 7) is 0.686. The molecular formula is C7H4F6N2. The predicted octanol–water partition coefficient (Wildman–Crippen LogP) is 2.82. The molecule has 0 aliphatic heterocycles. The van der Waals surface area contributed by atoms with Crippen LogP contribution in [0.25, 0.3) is 0 Å². The fraction of sp³-hybridized carbons (Fsp3) is 0.429. The second-order valence-electron chi connectivity index (χ2n) is 2.69. The highest BCUT2D eigenvalue weighted by molar-refractivity contribution is 5.26. The average Bonchev–Trinajstić information content (AvgIpc) is 1.99. The van der Waals surface area contributed by atoms with E-state index < -0.39 is 29.3 Å². The second kappa shape index (κ2) is 3.35. The topological polar surface area (TPSA) is 25.8 Å². The Morgan fingerprint density at radius 3 is 1.47 bits per heavy atom. The lowest BCUT2D eigenvalue weighted by Gasteiger charge is -2.13. The maximum Gasteiger partial charge on any atom is 0.433 e. The molecule has 0 N–H and O–H groups in total. The van der Waals surface area contributed by atoms with Crippen LogP contribution >= 0.6 is 0 Å². The molecule has 15 heavy (non-hydrogen) atoms. The molecule has 0 saturated carbocycles. The summed E-state index contributed by atoms with van der Waals surface area (Å²) in [6, 6.07) is 0. The van der Waals surface area contributed by atoms with Crippen molar-refractivity contribution in [3.05, 3.63) is 23.3 Å². The van der Waals surface area contributed by atoms with E-state index >= 15 is 0 Å². The van der Waals surface area contributed by atoms with Crippen LogP contribution in [0.15, 0.2) is 6.33 Å². The Morgan fingerprint density at radius 2 is 1.20 bits per heavy atom. The zero-order valence-electron chi connectivity index (χ0n) is 7.24. The summed E-state index contributed by atoms with van der Waals surface area (Å²) in [7, 11) is 0. The summed E-state index contributed by atoms with van der Waals surface area (Å²) in [5, 5.41) is 0. The van der Waals surface area contributed by atoms with E-state index in [1.807, 2.05) is 0 Å². The number of alkyl halides is 6. The molecule has 0 atom stereocenters. The Hall–Kier alpha value is -1.34. The van der Waals surface area contributed by atoms with Gasteiger partial charge in [-0.1, -0.05) is 0 Å². The zero-order valence-corrected chi connectivity index (χ0v) is 7.24. The molecule has 0 aliphatic rings. The van der Waals surface area contributed by atoms with Crippen molar-refractivity contribution in [1.82, 2.24) is 9.97 Å². The van der Waals surface area contributed by atoms with Crippen molar-refractivity contribution in [3.8, 4) is 0 Å². The summed E-state index contributed by atoms with van der Waals surface area (Å²) < 4.78 is 73.0. The van der Waals surface area contributed by atoms with E-state index in [0.717, 1.165) is 0 Å². The average molecular weight is 230 g/mol. The highest BCUT2D eigenvalue weighted by atomic mass is 19.4. The molecule has 0 radical (unpaired) electrons. The lowest BCUT2D eigenvalue weighted by atomic mass is 10.1. The molecular weight excluding hydrogens is 226 g/mol. The predicted molar refractivity (Wildman–Crippen MR) is 36.8 cm³/mol. The maximum atomic E-state index is 12.2. The van der Waals surface area contributed by atoms with Gasteiger partial charge in [0.25, 0.3) is 0 Å². The van der Waals surface area contributed by atoms with Gasteiger partial charge in [0, 0.05) is 5.56 Å². The first-order valence-electron chi connectivity index (χ1n) is 3.60. The third-order valence-electron chi connectivity index (χ3n) is 1.62. The van der Waals surface area contributed by atoms with E-state index in [1.54, 1.807) is 0 Å². The Morgan fingerprint density at radius 1 is 0.867 bits per heavy atom. The minimum absolute atomic E-state index is 0.249. The van der Waals surface area contributed by atoms with Gasteiger partial charge in [-0.05, 0) is 6.92 Å². The normalized spacial score (nSPS) is 13.0. The smallest absolute Gasteiger partial charge is 0.232 e. The first-order chi connectivity index (χ1) is 6.64. The Labute approximate surface area is 80.0 Å². The SMILES string of the molecule is Cc1c(C(F)(F)F)ncnc1C(F)(F)F. The fourth-order valence-corrected chi connectivity index (χ4v) is 1.02. The van der Waals surface area contributed by atoms with Crippen LogP contribution in [0, 0.1) is 6.92 Å². The van der Waals surface area contributed by atoms with Gasteiger partial charge in [-0.25, -0.2) is 9.97 Å². The maximum absolute atomic E-state index is 12.2. The van der Waals surface area contributed by atoms with Crippen LogP contribution in [0.2, 0.25) is 0 Å². The second-order valence-corrected chi connectivity index (χ2v) is 2.69. The lowest BCUT2D eigenvalue weighted by Crippen LogP contribution is -2.18. The van der Waals surface area contributed by atoms with E-state index in [-0.39, 0.29) is 6.33 Å². The lowest BCUT2D eigenvalue weighted by molar-refractivity contribution is -0.148. The van der Waals surface area contributed by atoms with Gasteiger partial charge in [0.05, 0.1) is 0 Å². The third-order valence-corrected chi connectivity index (χ3v) is 1.62. The third kappa shape index (κ3) is 2.37. The van der Waals surface area contributed by atoms with Crippen LogP contribution in [0.4, 0.5) is 26.3 Å². The molecule has 0 aromatic carbocycles. The van der Waals surface area contributed by atoms with E-state index in [9.17, 15) is 26.3 Å². The summed E-state index contributed by atoms with van der Waals surface area (Å²) in [5.74, 6) is 0. The first kappa shape index (κ1) is 11.7. The number of hydrogen-bond donors (Lipinski definition) is 0. The molecule has 1 aromatic heterocycles. The molecule has 8 heteroatoms. The van der Waals surface area contributed by atoms with Crippen LogP contribution in [0.1, 0.15) is 17.0 Å². The Balaban J connectivity index is 3.37. The zero-order chi connectivity index (χ0) is 11.9. The van der Waals surface area contributed by atoms with Crippen molar-refractivity contribution in [2.75, 3.05) is 0 Å². The van der Waals surface area contributed by atoms with Crippen LogP contribution in [-0.2, 0) is 12.4 Å². The van der Waals surface area contributed by atoms with Crippen molar-refractivity contribution >= 4 is 0 Å². The van der Waals surface area contributed by atoms with Crippen molar-refractivity contribution in [1.29, 1.82) is 0 Å².